The molecule has 0 heterocycles. The van der Waals surface area contributed by atoms with Crippen molar-refractivity contribution in [2.45, 2.75) is 6.92 Å². The number of para-hydroxylation sites is 1. The van der Waals surface area contributed by atoms with Crippen LogP contribution in [0.1, 0.15) is 15.9 Å². The van der Waals surface area contributed by atoms with Crippen LogP contribution in [0.3, 0.4) is 0 Å². The van der Waals surface area contributed by atoms with Crippen LogP contribution >= 0.6 is 0 Å². The van der Waals surface area contributed by atoms with Crippen LogP contribution < -0.4 is 10.2 Å². The highest BCUT2D eigenvalue weighted by molar-refractivity contribution is 6.04. The van der Waals surface area contributed by atoms with Gasteiger partial charge in [-0.1, -0.05) is 35.9 Å². The van der Waals surface area contributed by atoms with E-state index in [2.05, 4.69) is 22.3 Å². The average molecular weight is 316 g/mol. The average Bonchev–Trinajstić information content (AvgIpc) is 2.63. The molecule has 0 radical (unpaired) electrons. The Bertz CT molecular complexity index is 809. The van der Waals surface area contributed by atoms with E-state index in [1.54, 1.807) is 0 Å². The van der Waals surface area contributed by atoms with E-state index >= 15 is 0 Å². The lowest BCUT2D eigenvalue weighted by Crippen LogP contribution is -2.12. The van der Waals surface area contributed by atoms with Crippen LogP contribution in [0.25, 0.3) is 0 Å². The predicted octanol–water partition coefficient (Wildman–Crippen LogP) is 5.02. The smallest absolute Gasteiger partial charge is 0.255 e. The van der Waals surface area contributed by atoms with Gasteiger partial charge < -0.3 is 10.2 Å². The van der Waals surface area contributed by atoms with E-state index in [1.807, 2.05) is 80.7 Å². The van der Waals surface area contributed by atoms with E-state index in [0.29, 0.717) is 5.56 Å². The van der Waals surface area contributed by atoms with Crippen LogP contribution in [0.15, 0.2) is 78.9 Å². The number of hydrogen-bond acceptors (Lipinski definition) is 2. The summed E-state index contributed by atoms with van der Waals surface area (Å²) in [5.41, 5.74) is 4.76. The van der Waals surface area contributed by atoms with Crippen LogP contribution in [-0.4, -0.2) is 13.0 Å². The van der Waals surface area contributed by atoms with Crippen molar-refractivity contribution in [3.8, 4) is 0 Å². The summed E-state index contributed by atoms with van der Waals surface area (Å²) in [6.07, 6.45) is 0. The molecule has 3 rings (SSSR count). The van der Waals surface area contributed by atoms with Crippen LogP contribution in [0, 0.1) is 6.92 Å². The number of carbonyl (C=O) groups excluding carboxylic acids is 1. The normalized spacial score (nSPS) is 10.2. The molecule has 0 aliphatic heterocycles. The van der Waals surface area contributed by atoms with Crippen molar-refractivity contribution < 1.29 is 4.79 Å². The minimum absolute atomic E-state index is 0.0980. The molecule has 0 saturated heterocycles. The van der Waals surface area contributed by atoms with Crippen molar-refractivity contribution >= 4 is 23.0 Å². The highest BCUT2D eigenvalue weighted by Crippen LogP contribution is 2.24. The van der Waals surface area contributed by atoms with Gasteiger partial charge in [0.1, 0.15) is 0 Å². The summed E-state index contributed by atoms with van der Waals surface area (Å²) in [6, 6.07) is 25.5. The zero-order chi connectivity index (χ0) is 16.9. The van der Waals surface area contributed by atoms with E-state index < -0.39 is 0 Å². The molecule has 0 aliphatic carbocycles. The van der Waals surface area contributed by atoms with Crippen molar-refractivity contribution in [2.75, 3.05) is 17.3 Å². The summed E-state index contributed by atoms with van der Waals surface area (Å²) in [6.45, 7) is 2.00. The first-order valence-corrected chi connectivity index (χ1v) is 7.90. The van der Waals surface area contributed by atoms with Crippen molar-refractivity contribution in [2.24, 2.45) is 0 Å². The Morgan fingerprint density at radius 3 is 2.00 bits per heavy atom. The molecular weight excluding hydrogens is 296 g/mol. The van der Waals surface area contributed by atoms with Gasteiger partial charge in [-0.2, -0.15) is 0 Å². The van der Waals surface area contributed by atoms with Crippen molar-refractivity contribution in [1.82, 2.24) is 0 Å². The molecule has 0 aromatic heterocycles. The van der Waals surface area contributed by atoms with Crippen molar-refractivity contribution in [1.29, 1.82) is 0 Å². The molecule has 3 aromatic rings. The molecule has 120 valence electrons. The Hall–Kier alpha value is -3.07. The van der Waals surface area contributed by atoms with Crippen molar-refractivity contribution in [3.63, 3.8) is 0 Å². The zero-order valence-corrected chi connectivity index (χ0v) is 13.9. The minimum atomic E-state index is -0.0980. The van der Waals surface area contributed by atoms with Crippen LogP contribution in [0.4, 0.5) is 17.1 Å². The first-order chi connectivity index (χ1) is 11.6. The maximum Gasteiger partial charge on any atom is 0.255 e. The van der Waals surface area contributed by atoms with E-state index in [0.717, 1.165) is 22.6 Å². The van der Waals surface area contributed by atoms with Gasteiger partial charge in [-0.3, -0.25) is 4.79 Å². The third-order valence-corrected chi connectivity index (χ3v) is 3.97. The Balaban J connectivity index is 1.70. The van der Waals surface area contributed by atoms with Gasteiger partial charge >= 0.3 is 0 Å². The molecule has 0 unspecified atom stereocenters. The summed E-state index contributed by atoms with van der Waals surface area (Å²) in [4.78, 5) is 14.3. The van der Waals surface area contributed by atoms with Crippen LogP contribution in [-0.2, 0) is 0 Å². The summed E-state index contributed by atoms with van der Waals surface area (Å²) >= 11 is 0. The number of hydrogen-bond donors (Lipinski definition) is 1. The third-order valence-electron chi connectivity index (χ3n) is 3.97. The molecule has 0 aliphatic rings. The first-order valence-electron chi connectivity index (χ1n) is 7.90. The second kappa shape index (κ2) is 7.01. The summed E-state index contributed by atoms with van der Waals surface area (Å²) < 4.78 is 0. The number of rotatable bonds is 4. The zero-order valence-electron chi connectivity index (χ0n) is 13.9. The topological polar surface area (TPSA) is 32.3 Å². The maximum atomic E-state index is 12.2. The molecule has 0 saturated carbocycles. The maximum absolute atomic E-state index is 12.2. The molecule has 1 N–H and O–H groups in total. The predicted molar refractivity (Wildman–Crippen MR) is 100 cm³/mol. The van der Waals surface area contributed by atoms with Crippen molar-refractivity contribution in [3.05, 3.63) is 90.0 Å². The molecule has 0 bridgehead atoms. The molecule has 0 spiro atoms. The highest BCUT2D eigenvalue weighted by atomic mass is 16.1. The molecule has 24 heavy (non-hydrogen) atoms. The summed E-state index contributed by atoms with van der Waals surface area (Å²) in [5, 5.41) is 2.93. The standard InChI is InChI=1S/C21H20N2O/c1-16-8-10-17(11-9-16)21(24)22-18-12-14-20(15-13-18)23(2)19-6-4-3-5-7-19/h3-15H,1-2H3,(H,22,24). The Morgan fingerprint density at radius 2 is 1.38 bits per heavy atom. The summed E-state index contributed by atoms with van der Waals surface area (Å²) in [7, 11) is 2.02. The molecular formula is C21H20N2O. The monoisotopic (exact) mass is 316 g/mol. The Morgan fingerprint density at radius 1 is 0.792 bits per heavy atom. The number of carbonyl (C=O) groups is 1. The van der Waals surface area contributed by atoms with Gasteiger partial charge in [-0.05, 0) is 55.5 Å². The van der Waals surface area contributed by atoms with E-state index in [9.17, 15) is 4.79 Å². The van der Waals surface area contributed by atoms with Gasteiger partial charge in [-0.15, -0.1) is 0 Å². The van der Waals surface area contributed by atoms with Gasteiger partial charge in [-0.25, -0.2) is 0 Å². The molecule has 3 aromatic carbocycles. The molecule has 3 heteroatoms. The lowest BCUT2D eigenvalue weighted by atomic mass is 10.1. The van der Waals surface area contributed by atoms with E-state index in [-0.39, 0.29) is 5.91 Å². The van der Waals surface area contributed by atoms with E-state index in [4.69, 9.17) is 0 Å². The lowest BCUT2D eigenvalue weighted by Gasteiger charge is -2.19. The lowest BCUT2D eigenvalue weighted by molar-refractivity contribution is 0.102. The number of amides is 1. The highest BCUT2D eigenvalue weighted by Gasteiger charge is 2.07. The van der Waals surface area contributed by atoms with Crippen LogP contribution in [0.2, 0.25) is 0 Å². The fourth-order valence-electron chi connectivity index (χ4n) is 2.48. The molecule has 3 nitrogen and oxygen atoms in total. The molecule has 0 atom stereocenters. The largest absolute Gasteiger partial charge is 0.345 e. The van der Waals surface area contributed by atoms with E-state index in [1.165, 1.54) is 0 Å². The minimum Gasteiger partial charge on any atom is -0.345 e. The second-order valence-corrected chi connectivity index (χ2v) is 5.76. The number of aryl methyl sites for hydroxylation is 1. The fraction of sp³-hybridized carbons (Fsp3) is 0.0952. The molecule has 0 fully saturated rings. The Labute approximate surface area is 142 Å². The van der Waals surface area contributed by atoms with Crippen LogP contribution in [0.5, 0.6) is 0 Å². The first kappa shape index (κ1) is 15.8. The van der Waals surface area contributed by atoms with Gasteiger partial charge in [0.25, 0.3) is 5.91 Å². The number of nitrogens with one attached hydrogen (secondary N) is 1. The molecule has 1 amide bonds. The number of anilines is 3. The SMILES string of the molecule is Cc1ccc(C(=O)Nc2ccc(N(C)c3ccccc3)cc2)cc1. The van der Waals surface area contributed by atoms with Gasteiger partial charge in [0, 0.05) is 29.7 Å². The van der Waals surface area contributed by atoms with Gasteiger partial charge in [0.15, 0.2) is 0 Å². The Kier molecular flexibility index (Phi) is 4.62. The fourth-order valence-corrected chi connectivity index (χ4v) is 2.48. The number of nitrogens with zero attached hydrogens (tertiary/aromatic N) is 1. The number of benzene rings is 3. The quantitative estimate of drug-likeness (QED) is 0.733. The third kappa shape index (κ3) is 3.63. The van der Waals surface area contributed by atoms with Gasteiger partial charge in [0.2, 0.25) is 0 Å². The van der Waals surface area contributed by atoms with Gasteiger partial charge in [0.05, 0.1) is 0 Å². The summed E-state index contributed by atoms with van der Waals surface area (Å²) in [5.74, 6) is -0.0980. The second-order valence-electron chi connectivity index (χ2n) is 5.76.